The van der Waals surface area contributed by atoms with Gasteiger partial charge in [-0.25, -0.2) is 4.79 Å². The van der Waals surface area contributed by atoms with Crippen molar-refractivity contribution in [2.24, 2.45) is 7.05 Å². The zero-order valence-electron chi connectivity index (χ0n) is 12.4. The third-order valence-electron chi connectivity index (χ3n) is 2.69. The van der Waals surface area contributed by atoms with Gasteiger partial charge in [0.1, 0.15) is 12.6 Å². The first-order valence-corrected chi connectivity index (χ1v) is 6.57. The lowest BCUT2D eigenvalue weighted by Gasteiger charge is -2.15. The highest BCUT2D eigenvalue weighted by atomic mass is 19.4. The van der Waals surface area contributed by atoms with E-state index in [2.05, 4.69) is 10.4 Å². The SMILES string of the molecule is CCc1nn(C)cc1N[C@@H](C)C(=O)NC(=O)NCC(F)(F)F. The molecule has 1 atom stereocenters. The Balaban J connectivity index is 2.53. The molecule has 0 aliphatic heterocycles. The normalized spacial score (nSPS) is 12.6. The standard InChI is InChI=1S/C12H18F3N5O2/c1-4-8-9(5-20(3)19-8)17-7(2)10(21)18-11(22)16-6-12(13,14)15/h5,7,17H,4,6H2,1-3H3,(H2,16,18,21,22)/t7-/m0/s1. The highest BCUT2D eigenvalue weighted by molar-refractivity contribution is 5.98. The summed E-state index contributed by atoms with van der Waals surface area (Å²) in [6.45, 7) is 1.87. The summed E-state index contributed by atoms with van der Waals surface area (Å²) in [5.41, 5.74) is 1.37. The summed E-state index contributed by atoms with van der Waals surface area (Å²) < 4.78 is 37.4. The van der Waals surface area contributed by atoms with Gasteiger partial charge in [-0.2, -0.15) is 18.3 Å². The summed E-state index contributed by atoms with van der Waals surface area (Å²) >= 11 is 0. The van der Waals surface area contributed by atoms with Crippen molar-refractivity contribution in [3.63, 3.8) is 0 Å². The number of rotatable bonds is 5. The molecule has 0 saturated carbocycles. The maximum Gasteiger partial charge on any atom is 0.405 e. The Bertz CT molecular complexity index is 541. The van der Waals surface area contributed by atoms with Crippen LogP contribution in [-0.2, 0) is 18.3 Å². The van der Waals surface area contributed by atoms with E-state index < -0.39 is 30.7 Å². The van der Waals surface area contributed by atoms with Crippen LogP contribution in [-0.4, -0.2) is 40.5 Å². The molecule has 0 unspecified atom stereocenters. The summed E-state index contributed by atoms with van der Waals surface area (Å²) in [6, 6.07) is -2.01. The summed E-state index contributed by atoms with van der Waals surface area (Å²) in [7, 11) is 1.72. The topological polar surface area (TPSA) is 88.1 Å². The number of nitrogens with one attached hydrogen (secondary N) is 3. The van der Waals surface area contributed by atoms with E-state index in [1.165, 1.54) is 6.92 Å². The lowest BCUT2D eigenvalue weighted by molar-refractivity contribution is -0.124. The number of urea groups is 1. The molecule has 0 aromatic carbocycles. The first-order valence-electron chi connectivity index (χ1n) is 6.57. The highest BCUT2D eigenvalue weighted by Crippen LogP contribution is 2.15. The van der Waals surface area contributed by atoms with Gasteiger partial charge < -0.3 is 10.6 Å². The van der Waals surface area contributed by atoms with E-state index >= 15 is 0 Å². The van der Waals surface area contributed by atoms with E-state index in [-0.39, 0.29) is 0 Å². The first-order chi connectivity index (χ1) is 10.1. The Morgan fingerprint density at radius 1 is 1.41 bits per heavy atom. The molecule has 0 fully saturated rings. The van der Waals surface area contributed by atoms with E-state index in [1.54, 1.807) is 23.2 Å². The third kappa shape index (κ3) is 5.62. The van der Waals surface area contributed by atoms with Gasteiger partial charge in [0.25, 0.3) is 0 Å². The van der Waals surface area contributed by atoms with E-state index in [0.717, 1.165) is 5.69 Å². The Kier molecular flexibility index (Phi) is 5.77. The first kappa shape index (κ1) is 17.8. The molecule has 1 aromatic heterocycles. The third-order valence-corrected chi connectivity index (χ3v) is 2.69. The minimum atomic E-state index is -4.53. The van der Waals surface area contributed by atoms with Crippen molar-refractivity contribution in [3.05, 3.63) is 11.9 Å². The second-order valence-corrected chi connectivity index (χ2v) is 4.67. The average Bonchev–Trinajstić information content (AvgIpc) is 2.75. The summed E-state index contributed by atoms with van der Waals surface area (Å²) in [5, 5.41) is 10.4. The number of carbonyl (C=O) groups is 2. The molecule has 10 heteroatoms. The molecule has 0 aliphatic carbocycles. The van der Waals surface area contributed by atoms with Crippen LogP contribution in [0.25, 0.3) is 0 Å². The van der Waals surface area contributed by atoms with Gasteiger partial charge in [-0.1, -0.05) is 6.92 Å². The molecule has 3 N–H and O–H groups in total. The summed E-state index contributed by atoms with van der Waals surface area (Å²) in [6.07, 6.45) is -2.22. The molecule has 1 heterocycles. The molecule has 0 aliphatic rings. The fraction of sp³-hybridized carbons (Fsp3) is 0.583. The van der Waals surface area contributed by atoms with Crippen molar-refractivity contribution in [3.8, 4) is 0 Å². The fourth-order valence-electron chi connectivity index (χ4n) is 1.66. The quantitative estimate of drug-likeness (QED) is 0.760. The molecule has 7 nitrogen and oxygen atoms in total. The minimum Gasteiger partial charge on any atom is -0.371 e. The second-order valence-electron chi connectivity index (χ2n) is 4.67. The number of aryl methyl sites for hydroxylation is 2. The molecule has 124 valence electrons. The Morgan fingerprint density at radius 3 is 2.59 bits per heavy atom. The van der Waals surface area contributed by atoms with Gasteiger partial charge in [-0.05, 0) is 13.3 Å². The van der Waals surface area contributed by atoms with Crippen molar-refractivity contribution in [2.75, 3.05) is 11.9 Å². The molecule has 0 spiro atoms. The maximum atomic E-state index is 11.9. The van der Waals surface area contributed by atoms with Crippen LogP contribution < -0.4 is 16.0 Å². The molecule has 1 rings (SSSR count). The smallest absolute Gasteiger partial charge is 0.371 e. The van der Waals surface area contributed by atoms with Crippen molar-refractivity contribution in [1.29, 1.82) is 0 Å². The summed E-state index contributed by atoms with van der Waals surface area (Å²) in [4.78, 5) is 22.9. The van der Waals surface area contributed by atoms with E-state index in [4.69, 9.17) is 0 Å². The monoisotopic (exact) mass is 321 g/mol. The molecule has 22 heavy (non-hydrogen) atoms. The number of hydrogen-bond donors (Lipinski definition) is 3. The van der Waals surface area contributed by atoms with Gasteiger partial charge in [0, 0.05) is 13.2 Å². The van der Waals surface area contributed by atoms with Crippen molar-refractivity contribution < 1.29 is 22.8 Å². The average molecular weight is 321 g/mol. The molecule has 0 bridgehead atoms. The Hall–Kier alpha value is -2.26. The lowest BCUT2D eigenvalue weighted by Crippen LogP contribution is -2.47. The summed E-state index contributed by atoms with van der Waals surface area (Å²) in [5.74, 6) is -0.745. The van der Waals surface area contributed by atoms with Gasteiger partial charge in [0.2, 0.25) is 5.91 Å². The number of aromatic nitrogens is 2. The van der Waals surface area contributed by atoms with E-state index in [1.807, 2.05) is 12.2 Å². The minimum absolute atomic E-state index is 0.628. The van der Waals surface area contributed by atoms with Crippen molar-refractivity contribution in [1.82, 2.24) is 20.4 Å². The van der Waals surface area contributed by atoms with Crippen molar-refractivity contribution >= 4 is 17.6 Å². The van der Waals surface area contributed by atoms with Crippen LogP contribution in [0.15, 0.2) is 6.20 Å². The Labute approximate surface area is 125 Å². The van der Waals surface area contributed by atoms with Crippen LogP contribution in [0, 0.1) is 0 Å². The number of carbonyl (C=O) groups excluding carboxylic acids is 2. The second kappa shape index (κ2) is 7.14. The fourth-order valence-corrected chi connectivity index (χ4v) is 1.66. The van der Waals surface area contributed by atoms with Gasteiger partial charge >= 0.3 is 12.2 Å². The van der Waals surface area contributed by atoms with Gasteiger partial charge in [-0.3, -0.25) is 14.8 Å². The number of nitrogens with zero attached hydrogens (tertiary/aromatic N) is 2. The zero-order valence-corrected chi connectivity index (χ0v) is 12.4. The lowest BCUT2D eigenvalue weighted by atomic mass is 10.2. The van der Waals surface area contributed by atoms with E-state index in [9.17, 15) is 22.8 Å². The van der Waals surface area contributed by atoms with E-state index in [0.29, 0.717) is 12.1 Å². The van der Waals surface area contributed by atoms with Crippen LogP contribution in [0.4, 0.5) is 23.7 Å². The number of halogens is 3. The predicted molar refractivity (Wildman–Crippen MR) is 73.3 cm³/mol. The molecule has 0 saturated heterocycles. The van der Waals surface area contributed by atoms with Gasteiger partial charge in [-0.15, -0.1) is 0 Å². The molecular weight excluding hydrogens is 303 g/mol. The number of anilines is 1. The number of amides is 3. The predicted octanol–water partition coefficient (Wildman–Crippen LogP) is 1.17. The van der Waals surface area contributed by atoms with Gasteiger partial charge in [0.05, 0.1) is 11.4 Å². The zero-order chi connectivity index (χ0) is 16.9. The maximum absolute atomic E-state index is 11.9. The van der Waals surface area contributed by atoms with Crippen LogP contribution in [0.3, 0.4) is 0 Å². The molecule has 1 aromatic rings. The Morgan fingerprint density at radius 2 is 2.05 bits per heavy atom. The van der Waals surface area contributed by atoms with Crippen LogP contribution in [0.2, 0.25) is 0 Å². The molecule has 0 radical (unpaired) electrons. The number of alkyl halides is 3. The van der Waals surface area contributed by atoms with Crippen molar-refractivity contribution in [2.45, 2.75) is 32.5 Å². The number of hydrogen-bond acceptors (Lipinski definition) is 4. The molecule has 3 amide bonds. The van der Waals surface area contributed by atoms with Crippen LogP contribution >= 0.6 is 0 Å². The van der Waals surface area contributed by atoms with Crippen LogP contribution in [0.1, 0.15) is 19.5 Å². The largest absolute Gasteiger partial charge is 0.405 e. The molecular formula is C12H18F3N5O2. The van der Waals surface area contributed by atoms with Crippen LogP contribution in [0.5, 0.6) is 0 Å². The van der Waals surface area contributed by atoms with Gasteiger partial charge in [0.15, 0.2) is 0 Å². The highest BCUT2D eigenvalue weighted by Gasteiger charge is 2.28. The number of imide groups is 1.